The van der Waals surface area contributed by atoms with Crippen molar-refractivity contribution in [2.45, 2.75) is 65.7 Å². The van der Waals surface area contributed by atoms with Gasteiger partial charge in [-0.3, -0.25) is 4.79 Å². The summed E-state index contributed by atoms with van der Waals surface area (Å²) in [6.45, 7) is 12.7. The standard InChI is InChI=1S/C29H35NO7.C2H6/c1-16-11-12-29(3,4)24-19(16)13-17(2)26(27(24)35-8)37-23-10-9-20(36-23)28(31)30-25-21(33-6)14-18(32-5)15-22(25)34-7;1-2/h9-10,13-16H,11-12H2,1-8H3,(H,30,31);1-2H3. The molecular formula is C31H41NO7. The monoisotopic (exact) mass is 539 g/mol. The van der Waals surface area contributed by atoms with Crippen molar-refractivity contribution in [1.29, 1.82) is 0 Å². The van der Waals surface area contributed by atoms with Gasteiger partial charge in [0.05, 0.1) is 28.4 Å². The Balaban J connectivity index is 0.00000205. The van der Waals surface area contributed by atoms with Crippen LogP contribution in [0.3, 0.4) is 0 Å². The molecule has 0 bridgehead atoms. The largest absolute Gasteiger partial charge is 0.496 e. The number of aryl methyl sites for hydroxylation is 1. The summed E-state index contributed by atoms with van der Waals surface area (Å²) in [6, 6.07) is 8.66. The Kier molecular flexibility index (Phi) is 9.43. The van der Waals surface area contributed by atoms with Crippen molar-refractivity contribution < 1.29 is 32.9 Å². The third-order valence-electron chi connectivity index (χ3n) is 7.03. The lowest BCUT2D eigenvalue weighted by Crippen LogP contribution is -2.26. The van der Waals surface area contributed by atoms with Gasteiger partial charge in [0.15, 0.2) is 17.3 Å². The van der Waals surface area contributed by atoms with Gasteiger partial charge in [-0.15, -0.1) is 0 Å². The van der Waals surface area contributed by atoms with Gasteiger partial charge < -0.3 is 33.4 Å². The lowest BCUT2D eigenvalue weighted by Gasteiger charge is -2.38. The minimum atomic E-state index is -0.485. The first-order valence-electron chi connectivity index (χ1n) is 13.2. The van der Waals surface area contributed by atoms with Crippen molar-refractivity contribution >= 4 is 11.6 Å². The molecule has 0 saturated heterocycles. The zero-order chi connectivity index (χ0) is 28.9. The second-order valence-corrected chi connectivity index (χ2v) is 9.93. The van der Waals surface area contributed by atoms with Crippen LogP contribution in [0.5, 0.6) is 34.7 Å². The summed E-state index contributed by atoms with van der Waals surface area (Å²) in [5.74, 6) is 2.81. The summed E-state index contributed by atoms with van der Waals surface area (Å²) in [5.41, 5.74) is 3.70. The molecule has 1 heterocycles. The van der Waals surface area contributed by atoms with Crippen LogP contribution in [0.15, 0.2) is 34.7 Å². The highest BCUT2D eigenvalue weighted by Gasteiger charge is 2.36. The minimum absolute atomic E-state index is 0.0519. The molecule has 0 aliphatic heterocycles. The number of carbonyl (C=O) groups excluding carboxylic acids is 1. The van der Waals surface area contributed by atoms with E-state index in [2.05, 4.69) is 32.2 Å². The van der Waals surface area contributed by atoms with E-state index in [-0.39, 0.29) is 17.1 Å². The number of methoxy groups -OCH3 is 4. The maximum absolute atomic E-state index is 13.0. The maximum Gasteiger partial charge on any atom is 0.291 e. The number of benzene rings is 2. The fraction of sp³-hybridized carbons (Fsp3) is 0.452. The van der Waals surface area contributed by atoms with E-state index < -0.39 is 5.91 Å². The first-order valence-corrected chi connectivity index (χ1v) is 13.2. The van der Waals surface area contributed by atoms with Gasteiger partial charge in [-0.1, -0.05) is 40.7 Å². The summed E-state index contributed by atoms with van der Waals surface area (Å²) >= 11 is 0. The SMILES string of the molecule is CC.COc1cc(OC)c(NC(=O)c2ccc(Oc3c(C)cc4c(c3OC)C(C)(C)CCC4C)o2)c(OC)c1. The van der Waals surface area contributed by atoms with E-state index in [1.165, 1.54) is 26.9 Å². The van der Waals surface area contributed by atoms with Crippen LogP contribution in [0.2, 0.25) is 0 Å². The van der Waals surface area contributed by atoms with Gasteiger partial charge in [0.25, 0.3) is 11.9 Å². The number of anilines is 1. The van der Waals surface area contributed by atoms with Crippen molar-refractivity contribution in [2.75, 3.05) is 33.8 Å². The lowest BCUT2D eigenvalue weighted by atomic mass is 9.68. The summed E-state index contributed by atoms with van der Waals surface area (Å²) in [6.07, 6.45) is 2.19. The normalized spacial score (nSPS) is 15.3. The molecule has 1 unspecified atom stereocenters. The molecular weight excluding hydrogens is 498 g/mol. The Bertz CT molecular complexity index is 1280. The third-order valence-corrected chi connectivity index (χ3v) is 7.03. The molecule has 0 spiro atoms. The fourth-order valence-corrected chi connectivity index (χ4v) is 4.96. The number of amides is 1. The smallest absolute Gasteiger partial charge is 0.291 e. The van der Waals surface area contributed by atoms with Gasteiger partial charge in [0.1, 0.15) is 22.9 Å². The van der Waals surface area contributed by atoms with Gasteiger partial charge >= 0.3 is 0 Å². The number of fused-ring (bicyclic) bond motifs is 1. The number of ether oxygens (including phenoxy) is 5. The number of carbonyl (C=O) groups is 1. The van der Waals surface area contributed by atoms with Crippen LogP contribution in [0.25, 0.3) is 0 Å². The topological polar surface area (TPSA) is 88.4 Å². The number of rotatable bonds is 8. The van der Waals surface area contributed by atoms with Crippen LogP contribution >= 0.6 is 0 Å². The molecule has 1 N–H and O–H groups in total. The zero-order valence-corrected chi connectivity index (χ0v) is 24.7. The van der Waals surface area contributed by atoms with Crippen molar-refractivity contribution in [3.8, 4) is 34.7 Å². The molecule has 212 valence electrons. The maximum atomic E-state index is 13.0. The fourth-order valence-electron chi connectivity index (χ4n) is 4.96. The van der Waals surface area contributed by atoms with Crippen molar-refractivity contribution in [3.63, 3.8) is 0 Å². The number of hydrogen-bond acceptors (Lipinski definition) is 7. The predicted octanol–water partition coefficient (Wildman–Crippen LogP) is 7.87. The lowest BCUT2D eigenvalue weighted by molar-refractivity contribution is 0.0991. The van der Waals surface area contributed by atoms with E-state index >= 15 is 0 Å². The summed E-state index contributed by atoms with van der Waals surface area (Å²) < 4.78 is 34.0. The second kappa shape index (κ2) is 12.4. The van der Waals surface area contributed by atoms with E-state index in [0.717, 1.165) is 24.0 Å². The second-order valence-electron chi connectivity index (χ2n) is 9.93. The van der Waals surface area contributed by atoms with Gasteiger partial charge in [0.2, 0.25) is 0 Å². The highest BCUT2D eigenvalue weighted by molar-refractivity contribution is 6.04. The Morgan fingerprint density at radius 2 is 1.59 bits per heavy atom. The molecule has 1 atom stereocenters. The highest BCUT2D eigenvalue weighted by atomic mass is 16.6. The average molecular weight is 540 g/mol. The van der Waals surface area contributed by atoms with Crippen molar-refractivity contribution in [1.82, 2.24) is 0 Å². The molecule has 1 aromatic heterocycles. The highest BCUT2D eigenvalue weighted by Crippen LogP contribution is 2.52. The van der Waals surface area contributed by atoms with E-state index in [0.29, 0.717) is 40.4 Å². The molecule has 1 aliphatic carbocycles. The molecule has 1 aliphatic rings. The quantitative estimate of drug-likeness (QED) is 0.312. The van der Waals surface area contributed by atoms with Crippen LogP contribution in [0.1, 0.15) is 80.6 Å². The van der Waals surface area contributed by atoms with E-state index in [9.17, 15) is 4.79 Å². The number of furan rings is 1. The van der Waals surface area contributed by atoms with Crippen LogP contribution in [0, 0.1) is 6.92 Å². The Morgan fingerprint density at radius 3 is 2.15 bits per heavy atom. The van der Waals surface area contributed by atoms with Crippen LogP contribution in [0.4, 0.5) is 5.69 Å². The van der Waals surface area contributed by atoms with Gasteiger partial charge in [-0.05, 0) is 48.3 Å². The van der Waals surface area contributed by atoms with Crippen LogP contribution in [-0.4, -0.2) is 34.3 Å². The summed E-state index contributed by atoms with van der Waals surface area (Å²) in [7, 11) is 6.20. The molecule has 0 radical (unpaired) electrons. The van der Waals surface area contributed by atoms with Crippen molar-refractivity contribution in [3.05, 3.63) is 52.8 Å². The average Bonchev–Trinajstić information content (AvgIpc) is 3.41. The predicted molar refractivity (Wildman–Crippen MR) is 153 cm³/mol. The van der Waals surface area contributed by atoms with Crippen LogP contribution in [-0.2, 0) is 5.41 Å². The summed E-state index contributed by atoms with van der Waals surface area (Å²) in [4.78, 5) is 13.0. The molecule has 1 amide bonds. The molecule has 4 rings (SSSR count). The molecule has 3 aromatic rings. The minimum Gasteiger partial charge on any atom is -0.496 e. The van der Waals surface area contributed by atoms with E-state index in [1.54, 1.807) is 31.4 Å². The van der Waals surface area contributed by atoms with Gasteiger partial charge in [-0.25, -0.2) is 0 Å². The van der Waals surface area contributed by atoms with Crippen molar-refractivity contribution in [2.24, 2.45) is 0 Å². The zero-order valence-electron chi connectivity index (χ0n) is 24.7. The summed E-state index contributed by atoms with van der Waals surface area (Å²) in [5, 5.41) is 2.80. The number of hydrogen-bond donors (Lipinski definition) is 1. The van der Waals surface area contributed by atoms with E-state index in [4.69, 9.17) is 28.1 Å². The van der Waals surface area contributed by atoms with Gasteiger partial charge in [0, 0.05) is 23.8 Å². The third kappa shape index (κ3) is 5.95. The Hall–Kier alpha value is -3.81. The Labute approximate surface area is 231 Å². The molecule has 8 nitrogen and oxygen atoms in total. The molecule has 2 aromatic carbocycles. The molecule has 8 heteroatoms. The molecule has 39 heavy (non-hydrogen) atoms. The van der Waals surface area contributed by atoms with Gasteiger partial charge in [-0.2, -0.15) is 0 Å². The first-order chi connectivity index (χ1) is 18.6. The molecule has 0 saturated carbocycles. The first kappa shape index (κ1) is 29.7. The Morgan fingerprint density at radius 1 is 0.949 bits per heavy atom. The van der Waals surface area contributed by atoms with E-state index in [1.807, 2.05) is 20.8 Å². The number of nitrogens with one attached hydrogen (secondary N) is 1. The van der Waals surface area contributed by atoms with Crippen LogP contribution < -0.4 is 29.0 Å². The molecule has 0 fully saturated rings.